The average Bonchev–Trinajstić information content (AvgIpc) is 2.42. The fraction of sp³-hybridized carbons (Fsp3) is 0.231. The van der Waals surface area contributed by atoms with Crippen LogP contribution in [0.25, 0.3) is 0 Å². The van der Waals surface area contributed by atoms with Gasteiger partial charge in [-0.3, -0.25) is 9.78 Å². The molecule has 7 heteroatoms. The predicted octanol–water partition coefficient (Wildman–Crippen LogP) is 1.75. The summed E-state index contributed by atoms with van der Waals surface area (Å²) in [4.78, 5) is 16.7. The average molecular weight is 294 g/mol. The van der Waals surface area contributed by atoms with Crippen molar-refractivity contribution < 1.29 is 14.6 Å². The largest absolute Gasteiger partial charge is 0.494 e. The van der Waals surface area contributed by atoms with Crippen molar-refractivity contribution in [3.8, 4) is 17.4 Å². The van der Waals surface area contributed by atoms with Gasteiger partial charge in [-0.15, -0.1) is 0 Å². The molecule has 20 heavy (non-hydrogen) atoms. The molecule has 6 nitrogen and oxygen atoms in total. The van der Waals surface area contributed by atoms with Crippen LogP contribution in [0.3, 0.4) is 0 Å². The normalized spacial score (nSPS) is 10.3. The lowest BCUT2D eigenvalue weighted by Gasteiger charge is -2.09. The van der Waals surface area contributed by atoms with Crippen LogP contribution in [0.5, 0.6) is 17.4 Å². The first kappa shape index (κ1) is 14.1. The number of aromatic hydroxyl groups is 1. The molecule has 2 aromatic rings. The molecule has 0 aliphatic heterocycles. The number of benzene rings is 1. The quantitative estimate of drug-likeness (QED) is 0.748. The van der Waals surface area contributed by atoms with Crippen LogP contribution in [-0.4, -0.2) is 29.3 Å². The summed E-state index contributed by atoms with van der Waals surface area (Å²) in [5.41, 5.74) is 0.598. The Labute approximate surface area is 120 Å². The number of aromatic nitrogens is 2. The molecular weight excluding hydrogens is 280 g/mol. The topological polar surface area (TPSA) is 87.3 Å². The predicted molar refractivity (Wildman–Crippen MR) is 76.3 cm³/mol. The van der Waals surface area contributed by atoms with E-state index in [0.717, 1.165) is 5.56 Å². The second-order valence-electron chi connectivity index (χ2n) is 4.10. The van der Waals surface area contributed by atoms with Gasteiger partial charge in [0.05, 0.1) is 19.8 Å². The second-order valence-corrected chi connectivity index (χ2v) is 4.51. The molecule has 0 aliphatic carbocycles. The van der Waals surface area contributed by atoms with Gasteiger partial charge in [-0.1, -0.05) is 6.07 Å². The summed E-state index contributed by atoms with van der Waals surface area (Å²) in [6.45, 7) is 0. The molecule has 0 spiro atoms. The van der Waals surface area contributed by atoms with E-state index in [9.17, 15) is 9.90 Å². The van der Waals surface area contributed by atoms with Gasteiger partial charge >= 0.3 is 0 Å². The van der Waals surface area contributed by atoms with E-state index in [0.29, 0.717) is 11.5 Å². The van der Waals surface area contributed by atoms with Crippen molar-refractivity contribution in [2.45, 2.75) is 6.42 Å². The van der Waals surface area contributed by atoms with Gasteiger partial charge in [-0.05, 0) is 29.9 Å². The third-order valence-electron chi connectivity index (χ3n) is 2.85. The first-order chi connectivity index (χ1) is 9.55. The molecule has 0 fully saturated rings. The van der Waals surface area contributed by atoms with E-state index in [1.807, 2.05) is 0 Å². The molecule has 106 valence electrons. The van der Waals surface area contributed by atoms with Gasteiger partial charge in [0.1, 0.15) is 0 Å². The fourth-order valence-corrected chi connectivity index (χ4v) is 2.05. The number of H-pyrrole nitrogens is 2. The molecule has 0 radical (unpaired) electrons. The van der Waals surface area contributed by atoms with Crippen molar-refractivity contribution in [3.05, 3.63) is 44.5 Å². The smallest absolute Gasteiger partial charge is 0.259 e. The van der Waals surface area contributed by atoms with Crippen LogP contribution < -0.4 is 15.0 Å². The molecule has 0 saturated carbocycles. The number of rotatable bonds is 4. The summed E-state index contributed by atoms with van der Waals surface area (Å²) in [5.74, 6) is 0.931. The van der Waals surface area contributed by atoms with E-state index in [1.165, 1.54) is 7.11 Å². The van der Waals surface area contributed by atoms with E-state index in [4.69, 9.17) is 21.7 Å². The molecule has 3 N–H and O–H groups in total. The zero-order chi connectivity index (χ0) is 14.7. The standard InChI is InChI=1S/C13H14N2O4S/c1-18-9-4-3-7(6-10(9)19-2)5-8-11(16)14-13(20)15-12(8)17/h3-4,6H,5H2,1-2H3,(H3,14,15,16,17,20). The Balaban J connectivity index is 2.40. The zero-order valence-corrected chi connectivity index (χ0v) is 11.8. The van der Waals surface area contributed by atoms with Crippen LogP contribution in [0.15, 0.2) is 23.0 Å². The van der Waals surface area contributed by atoms with E-state index in [1.54, 1.807) is 25.3 Å². The minimum atomic E-state index is -0.416. The van der Waals surface area contributed by atoms with Crippen LogP contribution in [0, 0.1) is 4.77 Å². The monoisotopic (exact) mass is 294 g/mol. The first-order valence-corrected chi connectivity index (χ1v) is 6.21. The number of hydrogen-bond acceptors (Lipinski definition) is 5. The van der Waals surface area contributed by atoms with Crippen molar-refractivity contribution in [1.29, 1.82) is 0 Å². The molecular formula is C13H14N2O4S. The van der Waals surface area contributed by atoms with Gasteiger partial charge in [-0.2, -0.15) is 0 Å². The zero-order valence-electron chi connectivity index (χ0n) is 11.0. The molecule has 0 bridgehead atoms. The Hall–Kier alpha value is -2.28. The molecule has 1 heterocycles. The maximum atomic E-state index is 11.8. The van der Waals surface area contributed by atoms with E-state index in [2.05, 4.69) is 9.97 Å². The summed E-state index contributed by atoms with van der Waals surface area (Å²) >= 11 is 4.78. The van der Waals surface area contributed by atoms with Crippen molar-refractivity contribution in [3.63, 3.8) is 0 Å². The van der Waals surface area contributed by atoms with Gasteiger partial charge < -0.3 is 19.6 Å². The molecule has 0 amide bonds. The second kappa shape index (κ2) is 5.79. The highest BCUT2D eigenvalue weighted by molar-refractivity contribution is 7.71. The highest BCUT2D eigenvalue weighted by atomic mass is 32.1. The number of aromatic amines is 2. The highest BCUT2D eigenvalue weighted by Gasteiger charge is 2.11. The van der Waals surface area contributed by atoms with Crippen LogP contribution in [0.1, 0.15) is 11.1 Å². The number of methoxy groups -OCH3 is 2. The van der Waals surface area contributed by atoms with Crippen molar-refractivity contribution in [2.75, 3.05) is 14.2 Å². The summed E-state index contributed by atoms with van der Waals surface area (Å²) in [6, 6.07) is 5.28. The van der Waals surface area contributed by atoms with Crippen LogP contribution in [0.4, 0.5) is 0 Å². The highest BCUT2D eigenvalue weighted by Crippen LogP contribution is 2.28. The lowest BCUT2D eigenvalue weighted by Crippen LogP contribution is -2.14. The molecule has 0 unspecified atom stereocenters. The molecule has 0 atom stereocenters. The van der Waals surface area contributed by atoms with Gasteiger partial charge in [0.15, 0.2) is 22.2 Å². The van der Waals surface area contributed by atoms with Crippen molar-refractivity contribution in [1.82, 2.24) is 9.97 Å². The minimum Gasteiger partial charge on any atom is -0.494 e. The van der Waals surface area contributed by atoms with Crippen LogP contribution in [-0.2, 0) is 6.42 Å². The molecule has 0 saturated heterocycles. The maximum absolute atomic E-state index is 11.8. The summed E-state index contributed by atoms with van der Waals surface area (Å²) in [6.07, 6.45) is 0.244. The van der Waals surface area contributed by atoms with Gasteiger partial charge in [0.2, 0.25) is 0 Å². The molecule has 1 aromatic carbocycles. The van der Waals surface area contributed by atoms with E-state index in [-0.39, 0.29) is 22.6 Å². The number of nitrogens with one attached hydrogen (secondary N) is 2. The van der Waals surface area contributed by atoms with E-state index < -0.39 is 5.56 Å². The summed E-state index contributed by atoms with van der Waals surface area (Å²) in [5, 5.41) is 9.76. The Kier molecular flexibility index (Phi) is 4.09. The lowest BCUT2D eigenvalue weighted by molar-refractivity contribution is 0.354. The van der Waals surface area contributed by atoms with Gasteiger partial charge in [0, 0.05) is 6.42 Å². The Morgan fingerprint density at radius 3 is 2.50 bits per heavy atom. The van der Waals surface area contributed by atoms with Crippen molar-refractivity contribution in [2.24, 2.45) is 0 Å². The summed E-state index contributed by atoms with van der Waals surface area (Å²) < 4.78 is 10.4. The molecule has 2 rings (SSSR count). The maximum Gasteiger partial charge on any atom is 0.259 e. The molecule has 0 aliphatic rings. The third kappa shape index (κ3) is 2.83. The summed E-state index contributed by atoms with van der Waals surface area (Å²) in [7, 11) is 3.08. The Bertz CT molecular complexity index is 736. The lowest BCUT2D eigenvalue weighted by atomic mass is 10.1. The fourth-order valence-electron chi connectivity index (χ4n) is 1.86. The van der Waals surface area contributed by atoms with Gasteiger partial charge in [-0.25, -0.2) is 0 Å². The third-order valence-corrected chi connectivity index (χ3v) is 3.05. The van der Waals surface area contributed by atoms with Crippen LogP contribution >= 0.6 is 12.2 Å². The van der Waals surface area contributed by atoms with Crippen LogP contribution in [0.2, 0.25) is 0 Å². The molecule has 1 aromatic heterocycles. The SMILES string of the molecule is COc1ccc(Cc2c(O)[nH]c(=S)[nH]c2=O)cc1OC. The Morgan fingerprint density at radius 2 is 1.90 bits per heavy atom. The van der Waals surface area contributed by atoms with Gasteiger partial charge in [0.25, 0.3) is 5.56 Å². The van der Waals surface area contributed by atoms with Crippen molar-refractivity contribution >= 4 is 12.2 Å². The Morgan fingerprint density at radius 1 is 1.20 bits per heavy atom. The van der Waals surface area contributed by atoms with E-state index >= 15 is 0 Å². The minimum absolute atomic E-state index is 0.0866. The number of hydrogen-bond donors (Lipinski definition) is 3. The number of ether oxygens (including phenoxy) is 2. The first-order valence-electron chi connectivity index (χ1n) is 5.80.